The summed E-state index contributed by atoms with van der Waals surface area (Å²) < 4.78 is 7.01. The van der Waals surface area contributed by atoms with Crippen LogP contribution in [0.4, 0.5) is 0 Å². The number of amides is 1. The zero-order valence-corrected chi connectivity index (χ0v) is 20.7. The van der Waals surface area contributed by atoms with Crippen molar-refractivity contribution in [3.8, 4) is 17.2 Å². The van der Waals surface area contributed by atoms with Gasteiger partial charge in [0.15, 0.2) is 5.75 Å². The molecular weight excluding hydrogens is 538 g/mol. The van der Waals surface area contributed by atoms with Crippen LogP contribution in [-0.2, 0) is 4.79 Å². The number of carboxylic acids is 1. The fourth-order valence-corrected chi connectivity index (χ4v) is 4.52. The summed E-state index contributed by atoms with van der Waals surface area (Å²) in [6, 6.07) is 7.20. The van der Waals surface area contributed by atoms with Gasteiger partial charge in [-0.15, -0.1) is 0 Å². The second-order valence-corrected chi connectivity index (χ2v) is 9.59. The van der Waals surface area contributed by atoms with Crippen LogP contribution >= 0.6 is 43.6 Å². The molecule has 1 atom stereocenters. The molecule has 0 spiro atoms. The van der Waals surface area contributed by atoms with Crippen LogP contribution in [0.2, 0.25) is 0 Å². The van der Waals surface area contributed by atoms with Gasteiger partial charge in [-0.05, 0) is 86.5 Å². The van der Waals surface area contributed by atoms with Gasteiger partial charge in [-0.25, -0.2) is 4.79 Å². The number of nitrogens with one attached hydrogen (secondary N) is 1. The van der Waals surface area contributed by atoms with Gasteiger partial charge < -0.3 is 20.3 Å². The lowest BCUT2D eigenvalue weighted by atomic mass is 10.0. The molecule has 162 valence electrons. The highest BCUT2D eigenvalue weighted by atomic mass is 79.9. The van der Waals surface area contributed by atoms with Crippen molar-refractivity contribution >= 4 is 55.5 Å². The largest absolute Gasteiger partial charge is 0.508 e. The highest BCUT2D eigenvalue weighted by Gasteiger charge is 2.22. The third kappa shape index (κ3) is 6.39. The minimum atomic E-state index is -1.07. The second kappa shape index (κ2) is 11.1. The van der Waals surface area contributed by atoms with Gasteiger partial charge in [-0.1, -0.05) is 13.8 Å². The number of aliphatic carboxylic acids is 1. The molecule has 0 heterocycles. The molecule has 0 aliphatic heterocycles. The molecule has 3 N–H and O–H groups in total. The number of halogens is 2. The molecule has 2 rings (SSSR count). The molecule has 2 aromatic carbocycles. The van der Waals surface area contributed by atoms with Crippen molar-refractivity contribution in [1.82, 2.24) is 5.32 Å². The summed E-state index contributed by atoms with van der Waals surface area (Å²) in [7, 11) is 0. The second-order valence-electron chi connectivity index (χ2n) is 6.89. The maximum absolute atomic E-state index is 12.6. The van der Waals surface area contributed by atoms with Gasteiger partial charge in [0.2, 0.25) is 0 Å². The molecule has 0 fully saturated rings. The molecular formula is C21H23Br2NO5S. The zero-order valence-electron chi connectivity index (χ0n) is 16.7. The Labute approximate surface area is 196 Å². The van der Waals surface area contributed by atoms with E-state index < -0.39 is 17.9 Å². The first-order valence-electron chi connectivity index (χ1n) is 9.16. The predicted octanol–water partition coefficient (Wildman–Crippen LogP) is 5.77. The predicted molar refractivity (Wildman–Crippen MR) is 126 cm³/mol. The van der Waals surface area contributed by atoms with Gasteiger partial charge in [0.05, 0.1) is 8.95 Å². The Balaban J connectivity index is 2.24. The number of phenolic OH excluding ortho intramolecular Hbond substituents is 1. The van der Waals surface area contributed by atoms with E-state index in [1.54, 1.807) is 30.3 Å². The van der Waals surface area contributed by atoms with E-state index in [2.05, 4.69) is 37.2 Å². The highest BCUT2D eigenvalue weighted by Crippen LogP contribution is 2.39. The number of ether oxygens (including phenoxy) is 1. The van der Waals surface area contributed by atoms with E-state index in [0.29, 0.717) is 38.2 Å². The Morgan fingerprint density at radius 2 is 1.80 bits per heavy atom. The van der Waals surface area contributed by atoms with Crippen LogP contribution < -0.4 is 10.1 Å². The molecule has 1 amide bonds. The van der Waals surface area contributed by atoms with Crippen LogP contribution in [-0.4, -0.2) is 40.1 Å². The molecule has 0 bridgehead atoms. The number of hydrogen-bond acceptors (Lipinski definition) is 5. The Bertz CT molecular complexity index is 913. The smallest absolute Gasteiger partial charge is 0.326 e. The molecule has 0 radical (unpaired) electrons. The molecule has 0 saturated heterocycles. The minimum Gasteiger partial charge on any atom is -0.508 e. The van der Waals surface area contributed by atoms with Crippen LogP contribution in [0.5, 0.6) is 17.2 Å². The van der Waals surface area contributed by atoms with Crippen molar-refractivity contribution in [3.05, 3.63) is 50.4 Å². The molecule has 6 nitrogen and oxygen atoms in total. The van der Waals surface area contributed by atoms with E-state index >= 15 is 0 Å². The third-order valence-electron chi connectivity index (χ3n) is 4.32. The number of rotatable bonds is 9. The lowest BCUT2D eigenvalue weighted by molar-refractivity contribution is -0.139. The van der Waals surface area contributed by atoms with Crippen molar-refractivity contribution in [3.63, 3.8) is 0 Å². The summed E-state index contributed by atoms with van der Waals surface area (Å²) >= 11 is 8.36. The quantitative estimate of drug-likeness (QED) is 0.360. The average Bonchev–Trinajstić information content (AvgIpc) is 2.68. The molecule has 2 aromatic rings. The van der Waals surface area contributed by atoms with Gasteiger partial charge in [0.1, 0.15) is 17.5 Å². The van der Waals surface area contributed by atoms with E-state index in [1.807, 2.05) is 20.1 Å². The summed E-state index contributed by atoms with van der Waals surface area (Å²) in [4.78, 5) is 23.9. The van der Waals surface area contributed by atoms with Gasteiger partial charge in [0.25, 0.3) is 5.91 Å². The monoisotopic (exact) mass is 559 g/mol. The number of thioether (sulfide) groups is 1. The number of hydrogen-bond donors (Lipinski definition) is 3. The number of carboxylic acid groups (broad SMARTS) is 1. The molecule has 0 unspecified atom stereocenters. The van der Waals surface area contributed by atoms with Crippen LogP contribution in [0.3, 0.4) is 0 Å². The SMILES string of the molecule is CSCC[C@H](NC(=O)c1cc(Br)c(Oc2ccc(O)c(C(C)C)c2)c(Br)c1)C(=O)O. The van der Waals surface area contributed by atoms with Gasteiger partial charge >= 0.3 is 5.97 Å². The fourth-order valence-electron chi connectivity index (χ4n) is 2.70. The summed E-state index contributed by atoms with van der Waals surface area (Å²) in [5.74, 6) is 0.411. The van der Waals surface area contributed by atoms with Crippen LogP contribution in [0, 0.1) is 0 Å². The van der Waals surface area contributed by atoms with Gasteiger partial charge in [-0.3, -0.25) is 4.79 Å². The third-order valence-corrected chi connectivity index (χ3v) is 6.14. The number of benzene rings is 2. The van der Waals surface area contributed by atoms with Crippen molar-refractivity contribution in [2.24, 2.45) is 0 Å². The van der Waals surface area contributed by atoms with Crippen molar-refractivity contribution < 1.29 is 24.5 Å². The normalized spacial score (nSPS) is 11.9. The fraction of sp³-hybridized carbons (Fsp3) is 0.333. The van der Waals surface area contributed by atoms with Crippen molar-refractivity contribution in [1.29, 1.82) is 0 Å². The van der Waals surface area contributed by atoms with E-state index in [1.165, 1.54) is 11.8 Å². The summed E-state index contributed by atoms with van der Waals surface area (Å²) in [6.07, 6.45) is 2.22. The molecule has 0 aliphatic rings. The van der Waals surface area contributed by atoms with E-state index in [4.69, 9.17) is 4.74 Å². The van der Waals surface area contributed by atoms with E-state index in [9.17, 15) is 19.8 Å². The first-order valence-corrected chi connectivity index (χ1v) is 12.1. The van der Waals surface area contributed by atoms with Gasteiger partial charge in [-0.2, -0.15) is 11.8 Å². The zero-order chi connectivity index (χ0) is 22.4. The first-order chi connectivity index (χ1) is 14.1. The van der Waals surface area contributed by atoms with Crippen LogP contribution in [0.15, 0.2) is 39.3 Å². The molecule has 30 heavy (non-hydrogen) atoms. The lowest BCUT2D eigenvalue weighted by Gasteiger charge is -2.16. The van der Waals surface area contributed by atoms with E-state index in [-0.39, 0.29) is 11.7 Å². The maximum atomic E-state index is 12.6. The molecule has 0 aliphatic carbocycles. The van der Waals surface area contributed by atoms with Crippen LogP contribution in [0.25, 0.3) is 0 Å². The lowest BCUT2D eigenvalue weighted by Crippen LogP contribution is -2.41. The standard InChI is InChI=1S/C21H23Br2NO5S/c1-11(2)14-10-13(4-5-18(14)25)29-19-15(22)8-12(9-16(19)23)20(26)24-17(21(27)28)6-7-30-3/h4-5,8-11,17,25H,6-7H2,1-3H3,(H,24,26)(H,27,28)/t17-/m0/s1. The topological polar surface area (TPSA) is 95.9 Å². The number of phenols is 1. The van der Waals surface area contributed by atoms with Crippen LogP contribution in [0.1, 0.15) is 42.1 Å². The Hall–Kier alpha value is -1.71. The summed E-state index contributed by atoms with van der Waals surface area (Å²) in [5.41, 5.74) is 1.06. The maximum Gasteiger partial charge on any atom is 0.326 e. The molecule has 0 aromatic heterocycles. The summed E-state index contributed by atoms with van der Waals surface area (Å²) in [5, 5.41) is 21.9. The van der Waals surface area contributed by atoms with Crippen molar-refractivity contribution in [2.45, 2.75) is 32.2 Å². The first kappa shape index (κ1) is 24.6. The Morgan fingerprint density at radius 1 is 1.17 bits per heavy atom. The summed E-state index contributed by atoms with van der Waals surface area (Å²) in [6.45, 7) is 3.95. The minimum absolute atomic E-state index is 0.125. The van der Waals surface area contributed by atoms with Crippen molar-refractivity contribution in [2.75, 3.05) is 12.0 Å². The number of carbonyl (C=O) groups excluding carboxylic acids is 1. The average molecular weight is 561 g/mol. The number of carbonyl (C=O) groups is 2. The van der Waals surface area contributed by atoms with E-state index in [0.717, 1.165) is 5.56 Å². The molecule has 9 heteroatoms. The number of aromatic hydroxyl groups is 1. The Morgan fingerprint density at radius 3 is 2.33 bits per heavy atom. The highest BCUT2D eigenvalue weighted by molar-refractivity contribution is 9.11. The Kier molecular flexibility index (Phi) is 9.06. The molecule has 0 saturated carbocycles. The van der Waals surface area contributed by atoms with Gasteiger partial charge in [0, 0.05) is 11.1 Å².